The average Bonchev–Trinajstić information content (AvgIpc) is 3.04. The van der Waals surface area contributed by atoms with E-state index in [2.05, 4.69) is 10.3 Å². The van der Waals surface area contributed by atoms with Gasteiger partial charge in [-0.1, -0.05) is 23.7 Å². The molecule has 0 spiro atoms. The molecule has 1 amide bonds. The fourth-order valence-corrected chi connectivity index (χ4v) is 3.43. The molecule has 0 bridgehead atoms. The maximum atomic E-state index is 13.7. The Balaban J connectivity index is 1.78. The van der Waals surface area contributed by atoms with E-state index < -0.39 is 6.04 Å². The smallest absolute Gasteiger partial charge is 0.258 e. The Morgan fingerprint density at radius 1 is 1.29 bits per heavy atom. The molecule has 1 heterocycles. The first-order chi connectivity index (χ1) is 13.3. The van der Waals surface area contributed by atoms with Crippen LogP contribution >= 0.6 is 11.6 Å². The van der Waals surface area contributed by atoms with Crippen LogP contribution in [0.1, 0.15) is 28.6 Å². The quantitative estimate of drug-likeness (QED) is 0.676. The van der Waals surface area contributed by atoms with E-state index in [1.165, 1.54) is 12.1 Å². The number of hydrogen-bond acceptors (Lipinski definition) is 3. The van der Waals surface area contributed by atoms with Crippen molar-refractivity contribution in [3.63, 3.8) is 0 Å². The minimum Gasteiger partial charge on any atom is -0.483 e. The number of imidazole rings is 1. The van der Waals surface area contributed by atoms with Gasteiger partial charge in [-0.15, -0.1) is 0 Å². The van der Waals surface area contributed by atoms with Crippen molar-refractivity contribution < 1.29 is 13.9 Å². The predicted molar refractivity (Wildman–Crippen MR) is 106 cm³/mol. The minimum absolute atomic E-state index is 0.181. The summed E-state index contributed by atoms with van der Waals surface area (Å²) in [4.78, 5) is 16.9. The molecular weight excluding hydrogens is 381 g/mol. The zero-order valence-electron chi connectivity index (χ0n) is 15.9. The Morgan fingerprint density at radius 3 is 2.61 bits per heavy atom. The van der Waals surface area contributed by atoms with E-state index in [4.69, 9.17) is 16.3 Å². The van der Waals surface area contributed by atoms with E-state index in [0.717, 1.165) is 11.1 Å². The van der Waals surface area contributed by atoms with Gasteiger partial charge in [0.05, 0.1) is 0 Å². The summed E-state index contributed by atoms with van der Waals surface area (Å²) in [5.74, 6) is 0.497. The lowest BCUT2D eigenvalue weighted by molar-refractivity contribution is -0.123. The molecule has 7 heteroatoms. The van der Waals surface area contributed by atoms with E-state index in [-0.39, 0.29) is 18.3 Å². The standard InChI is InChI=1S/C21H21ClFN3O2/c1-13-9-16(22)10-14(2)20(13)28-12-18(27)25-19(21-24-7-8-26(21)3)15-5-4-6-17(23)11-15/h4-11,19H,12H2,1-3H3,(H,25,27). The number of nitrogens with zero attached hydrogens (tertiary/aromatic N) is 2. The van der Waals surface area contributed by atoms with Gasteiger partial charge < -0.3 is 14.6 Å². The number of benzene rings is 2. The van der Waals surface area contributed by atoms with Crippen molar-refractivity contribution in [1.82, 2.24) is 14.9 Å². The first kappa shape index (κ1) is 19.9. The topological polar surface area (TPSA) is 56.1 Å². The van der Waals surface area contributed by atoms with Crippen LogP contribution in [0.15, 0.2) is 48.8 Å². The van der Waals surface area contributed by atoms with Crippen LogP contribution in [0, 0.1) is 19.7 Å². The zero-order valence-corrected chi connectivity index (χ0v) is 16.6. The molecule has 1 aromatic heterocycles. The number of halogens is 2. The Bertz CT molecular complexity index is 980. The minimum atomic E-state index is -0.598. The normalized spacial score (nSPS) is 11.9. The summed E-state index contributed by atoms with van der Waals surface area (Å²) < 4.78 is 21.2. The molecule has 3 rings (SSSR count). The molecule has 28 heavy (non-hydrogen) atoms. The van der Waals surface area contributed by atoms with Gasteiger partial charge >= 0.3 is 0 Å². The molecule has 1 unspecified atom stereocenters. The van der Waals surface area contributed by atoms with Crippen LogP contribution in [-0.2, 0) is 11.8 Å². The molecule has 0 saturated heterocycles. The second kappa shape index (κ2) is 8.44. The lowest BCUT2D eigenvalue weighted by Crippen LogP contribution is -2.34. The van der Waals surface area contributed by atoms with Crippen molar-refractivity contribution in [2.45, 2.75) is 19.9 Å². The zero-order chi connectivity index (χ0) is 20.3. The second-order valence-electron chi connectivity index (χ2n) is 6.61. The molecule has 1 atom stereocenters. The van der Waals surface area contributed by atoms with E-state index in [1.807, 2.05) is 20.9 Å². The highest BCUT2D eigenvalue weighted by atomic mass is 35.5. The summed E-state index contributed by atoms with van der Waals surface area (Å²) in [6.07, 6.45) is 3.40. The van der Waals surface area contributed by atoms with Crippen molar-refractivity contribution in [3.05, 3.63) is 82.1 Å². The van der Waals surface area contributed by atoms with Crippen LogP contribution in [0.25, 0.3) is 0 Å². The SMILES string of the molecule is Cc1cc(Cl)cc(C)c1OCC(=O)NC(c1cccc(F)c1)c1nccn1C. The largest absolute Gasteiger partial charge is 0.483 e. The first-order valence-corrected chi connectivity index (χ1v) is 9.14. The fourth-order valence-electron chi connectivity index (χ4n) is 3.10. The number of nitrogens with one attached hydrogen (secondary N) is 1. The molecule has 1 N–H and O–H groups in total. The molecule has 3 aromatic rings. The maximum Gasteiger partial charge on any atom is 0.258 e. The molecule has 0 aliphatic heterocycles. The lowest BCUT2D eigenvalue weighted by Gasteiger charge is -2.20. The van der Waals surface area contributed by atoms with Gasteiger partial charge in [0.2, 0.25) is 0 Å². The summed E-state index contributed by atoms with van der Waals surface area (Å²) >= 11 is 6.03. The van der Waals surface area contributed by atoms with Gasteiger partial charge in [0.25, 0.3) is 5.91 Å². The van der Waals surface area contributed by atoms with Gasteiger partial charge in [-0.05, 0) is 54.8 Å². The van der Waals surface area contributed by atoms with Crippen molar-refractivity contribution in [3.8, 4) is 5.75 Å². The molecule has 2 aromatic carbocycles. The summed E-state index contributed by atoms with van der Waals surface area (Å²) in [6.45, 7) is 3.56. The molecule has 0 saturated carbocycles. The van der Waals surface area contributed by atoms with Crippen LogP contribution in [0.3, 0.4) is 0 Å². The number of aromatic nitrogens is 2. The molecule has 5 nitrogen and oxygen atoms in total. The van der Waals surface area contributed by atoms with Crippen LogP contribution < -0.4 is 10.1 Å². The lowest BCUT2D eigenvalue weighted by atomic mass is 10.1. The number of carbonyl (C=O) groups is 1. The highest BCUT2D eigenvalue weighted by Crippen LogP contribution is 2.27. The third kappa shape index (κ3) is 4.51. The summed E-state index contributed by atoms with van der Waals surface area (Å²) in [5.41, 5.74) is 2.30. The van der Waals surface area contributed by atoms with E-state index in [9.17, 15) is 9.18 Å². The van der Waals surface area contributed by atoms with Gasteiger partial charge in [-0.3, -0.25) is 4.79 Å². The number of aryl methyl sites for hydroxylation is 3. The summed E-state index contributed by atoms with van der Waals surface area (Å²) in [6, 6.07) is 9.06. The molecule has 146 valence electrons. The number of hydrogen-bond donors (Lipinski definition) is 1. The van der Waals surface area contributed by atoms with E-state index in [1.54, 1.807) is 41.2 Å². The third-order valence-electron chi connectivity index (χ3n) is 4.38. The van der Waals surface area contributed by atoms with Crippen LogP contribution in [-0.4, -0.2) is 22.1 Å². The van der Waals surface area contributed by atoms with Crippen molar-refractivity contribution in [2.75, 3.05) is 6.61 Å². The van der Waals surface area contributed by atoms with Crippen molar-refractivity contribution >= 4 is 17.5 Å². The number of carbonyl (C=O) groups excluding carboxylic acids is 1. The number of ether oxygens (including phenoxy) is 1. The Morgan fingerprint density at radius 2 is 2.00 bits per heavy atom. The monoisotopic (exact) mass is 401 g/mol. The van der Waals surface area contributed by atoms with Gasteiger partial charge in [0.1, 0.15) is 23.4 Å². The van der Waals surface area contributed by atoms with Gasteiger partial charge in [0.15, 0.2) is 6.61 Å². The molecule has 0 radical (unpaired) electrons. The Labute approximate surface area is 168 Å². The average molecular weight is 402 g/mol. The Hall–Kier alpha value is -2.86. The van der Waals surface area contributed by atoms with Gasteiger partial charge in [-0.25, -0.2) is 9.37 Å². The predicted octanol–water partition coefficient (Wildman–Crippen LogP) is 4.11. The molecule has 0 fully saturated rings. The van der Waals surface area contributed by atoms with Crippen molar-refractivity contribution in [1.29, 1.82) is 0 Å². The molecule has 0 aliphatic rings. The third-order valence-corrected chi connectivity index (χ3v) is 4.59. The summed E-state index contributed by atoms with van der Waals surface area (Å²) in [7, 11) is 1.82. The molecule has 0 aliphatic carbocycles. The summed E-state index contributed by atoms with van der Waals surface area (Å²) in [5, 5.41) is 3.50. The van der Waals surface area contributed by atoms with Gasteiger partial charge in [0, 0.05) is 24.5 Å². The number of amides is 1. The molecular formula is C21H21ClFN3O2. The number of rotatable bonds is 6. The van der Waals surface area contributed by atoms with Crippen LogP contribution in [0.2, 0.25) is 5.02 Å². The van der Waals surface area contributed by atoms with Crippen LogP contribution in [0.5, 0.6) is 5.75 Å². The van der Waals surface area contributed by atoms with E-state index in [0.29, 0.717) is 22.2 Å². The fraction of sp³-hybridized carbons (Fsp3) is 0.238. The van der Waals surface area contributed by atoms with Crippen LogP contribution in [0.4, 0.5) is 4.39 Å². The maximum absolute atomic E-state index is 13.7. The second-order valence-corrected chi connectivity index (χ2v) is 7.05. The Kier molecular flexibility index (Phi) is 5.99. The van der Waals surface area contributed by atoms with Gasteiger partial charge in [-0.2, -0.15) is 0 Å². The van der Waals surface area contributed by atoms with Crippen molar-refractivity contribution in [2.24, 2.45) is 7.05 Å². The first-order valence-electron chi connectivity index (χ1n) is 8.76. The van der Waals surface area contributed by atoms with E-state index >= 15 is 0 Å². The highest BCUT2D eigenvalue weighted by Gasteiger charge is 2.21. The highest BCUT2D eigenvalue weighted by molar-refractivity contribution is 6.30.